The number of alkyl halides is 2. The Kier molecular flexibility index (Phi) is 4.40. The summed E-state index contributed by atoms with van der Waals surface area (Å²) in [5.74, 6) is 0.285. The number of nitrogens with zero attached hydrogens (tertiary/aromatic N) is 4. The average Bonchev–Trinajstić information content (AvgIpc) is 3.08. The lowest BCUT2D eigenvalue weighted by Gasteiger charge is -2.31. The molecular weight excluding hydrogens is 342 g/mol. The number of piperidine rings is 1. The maximum Gasteiger partial charge on any atom is 0.298 e. The largest absolute Gasteiger partial charge is 0.423 e. The first kappa shape index (κ1) is 16.7. The molecule has 0 bridgehead atoms. The van der Waals surface area contributed by atoms with Crippen molar-refractivity contribution in [2.45, 2.75) is 25.8 Å². The van der Waals surface area contributed by atoms with Gasteiger partial charge in [0.25, 0.3) is 18.0 Å². The molecule has 3 heterocycles. The minimum atomic E-state index is -2.73. The van der Waals surface area contributed by atoms with E-state index in [1.165, 1.54) is 10.9 Å². The van der Waals surface area contributed by atoms with E-state index in [4.69, 9.17) is 4.42 Å². The topological polar surface area (TPSA) is 64.2 Å². The van der Waals surface area contributed by atoms with Crippen LogP contribution in [-0.4, -0.2) is 27.6 Å². The zero-order valence-electron chi connectivity index (χ0n) is 14.0. The van der Waals surface area contributed by atoms with Crippen molar-refractivity contribution >= 4 is 17.1 Å². The summed E-state index contributed by atoms with van der Waals surface area (Å²) < 4.78 is 32.4. The summed E-state index contributed by atoms with van der Waals surface area (Å²) in [6.45, 7) is 2.03. The van der Waals surface area contributed by atoms with Crippen LogP contribution in [0.1, 0.15) is 25.0 Å². The normalized spacial score (nSPS) is 15.9. The van der Waals surface area contributed by atoms with E-state index in [1.807, 2.05) is 24.3 Å². The minimum Gasteiger partial charge on any atom is -0.423 e. The highest BCUT2D eigenvalue weighted by atomic mass is 19.3. The van der Waals surface area contributed by atoms with E-state index in [9.17, 15) is 13.6 Å². The van der Waals surface area contributed by atoms with E-state index in [0.717, 1.165) is 43.1 Å². The molecule has 0 unspecified atom stereocenters. The third-order valence-electron chi connectivity index (χ3n) is 4.75. The number of hydrogen-bond donors (Lipinski definition) is 0. The molecule has 1 saturated heterocycles. The summed E-state index contributed by atoms with van der Waals surface area (Å²) in [5.41, 5.74) is 0.691. The highest BCUT2D eigenvalue weighted by molar-refractivity contribution is 5.74. The van der Waals surface area contributed by atoms with Gasteiger partial charge < -0.3 is 9.32 Å². The van der Waals surface area contributed by atoms with Crippen LogP contribution in [0.3, 0.4) is 0 Å². The molecule has 136 valence electrons. The number of hydrogen-bond acceptors (Lipinski definition) is 5. The number of halogens is 2. The molecule has 1 aliphatic heterocycles. The van der Waals surface area contributed by atoms with Crippen LogP contribution < -0.4 is 10.5 Å². The maximum absolute atomic E-state index is 12.6. The number of benzene rings is 1. The van der Waals surface area contributed by atoms with Crippen LogP contribution >= 0.6 is 0 Å². The van der Waals surface area contributed by atoms with Crippen molar-refractivity contribution in [3.8, 4) is 0 Å². The van der Waals surface area contributed by atoms with Gasteiger partial charge in [-0.1, -0.05) is 12.1 Å². The monoisotopic (exact) mass is 360 g/mol. The first-order valence-corrected chi connectivity index (χ1v) is 8.55. The summed E-state index contributed by atoms with van der Waals surface area (Å²) in [5, 5.41) is 0. The molecule has 8 heteroatoms. The average molecular weight is 360 g/mol. The minimum absolute atomic E-state index is 0.285. The Bertz CT molecular complexity index is 928. The summed E-state index contributed by atoms with van der Waals surface area (Å²) in [6, 6.07) is 9.17. The number of para-hydroxylation sites is 2. The number of oxazole rings is 1. The highest BCUT2D eigenvalue weighted by Crippen LogP contribution is 2.26. The highest BCUT2D eigenvalue weighted by Gasteiger charge is 2.23. The van der Waals surface area contributed by atoms with Crippen LogP contribution in [-0.2, 0) is 6.54 Å². The van der Waals surface area contributed by atoms with Gasteiger partial charge in [-0.05, 0) is 30.9 Å². The third kappa shape index (κ3) is 3.31. The second-order valence-corrected chi connectivity index (χ2v) is 6.50. The number of aromatic nitrogens is 3. The first-order chi connectivity index (χ1) is 12.6. The fraction of sp³-hybridized carbons (Fsp3) is 0.389. The van der Waals surface area contributed by atoms with E-state index in [1.54, 1.807) is 0 Å². The number of anilines is 1. The molecule has 6 nitrogen and oxygen atoms in total. The van der Waals surface area contributed by atoms with Gasteiger partial charge in [-0.2, -0.15) is 4.98 Å². The summed E-state index contributed by atoms with van der Waals surface area (Å²) in [7, 11) is 0. The maximum atomic E-state index is 12.6. The molecule has 4 rings (SSSR count). The van der Waals surface area contributed by atoms with Gasteiger partial charge in [-0.3, -0.25) is 9.36 Å². The zero-order valence-corrected chi connectivity index (χ0v) is 14.0. The van der Waals surface area contributed by atoms with Gasteiger partial charge in [0.15, 0.2) is 5.58 Å². The molecular formula is C18H18F2N4O2. The van der Waals surface area contributed by atoms with Crippen molar-refractivity contribution in [1.82, 2.24) is 14.5 Å². The fourth-order valence-electron chi connectivity index (χ4n) is 3.28. The second kappa shape index (κ2) is 6.86. The lowest BCUT2D eigenvalue weighted by molar-refractivity contribution is 0.145. The molecule has 1 aromatic carbocycles. The van der Waals surface area contributed by atoms with Crippen molar-refractivity contribution in [3.63, 3.8) is 0 Å². The van der Waals surface area contributed by atoms with Crippen molar-refractivity contribution in [2.24, 2.45) is 5.92 Å². The van der Waals surface area contributed by atoms with Gasteiger partial charge in [0.1, 0.15) is 11.2 Å². The lowest BCUT2D eigenvalue weighted by atomic mass is 9.97. The summed E-state index contributed by atoms with van der Waals surface area (Å²) in [4.78, 5) is 22.2. The Morgan fingerprint density at radius 2 is 2.00 bits per heavy atom. The van der Waals surface area contributed by atoms with Crippen molar-refractivity contribution in [1.29, 1.82) is 0 Å². The SMILES string of the molecule is O=c1cc(C(F)F)ncn1CC1CCN(c2nc3ccccc3o2)CC1. The van der Waals surface area contributed by atoms with Crippen LogP contribution in [0.15, 0.2) is 45.9 Å². The number of rotatable bonds is 4. The Balaban J connectivity index is 1.40. The molecule has 0 atom stereocenters. The second-order valence-electron chi connectivity index (χ2n) is 6.50. The predicted molar refractivity (Wildman–Crippen MR) is 92.4 cm³/mol. The van der Waals surface area contributed by atoms with Gasteiger partial charge in [0, 0.05) is 25.7 Å². The van der Waals surface area contributed by atoms with Crippen LogP contribution in [0.2, 0.25) is 0 Å². The molecule has 26 heavy (non-hydrogen) atoms. The standard InChI is InChI=1S/C18H18F2N4O2/c19-17(20)14-9-16(25)24(11-21-14)10-12-5-7-23(8-6-12)18-22-13-3-1-2-4-15(13)26-18/h1-4,9,11-12,17H,5-8,10H2. The molecule has 2 aromatic heterocycles. The lowest BCUT2D eigenvalue weighted by Crippen LogP contribution is -2.36. The molecule has 0 saturated carbocycles. The molecule has 0 spiro atoms. The Hall–Kier alpha value is -2.77. The van der Waals surface area contributed by atoms with E-state index in [0.29, 0.717) is 12.6 Å². The van der Waals surface area contributed by atoms with E-state index in [2.05, 4.69) is 14.9 Å². The van der Waals surface area contributed by atoms with Gasteiger partial charge in [0.2, 0.25) is 0 Å². The van der Waals surface area contributed by atoms with Crippen LogP contribution in [0, 0.1) is 5.92 Å². The van der Waals surface area contributed by atoms with E-state index in [-0.39, 0.29) is 5.92 Å². The van der Waals surface area contributed by atoms with Gasteiger partial charge in [0.05, 0.1) is 6.33 Å². The van der Waals surface area contributed by atoms with Gasteiger partial charge in [-0.25, -0.2) is 13.8 Å². The molecule has 0 aliphatic carbocycles. The van der Waals surface area contributed by atoms with Crippen molar-refractivity contribution < 1.29 is 13.2 Å². The Morgan fingerprint density at radius 3 is 2.69 bits per heavy atom. The van der Waals surface area contributed by atoms with Crippen LogP contribution in [0.4, 0.5) is 14.8 Å². The van der Waals surface area contributed by atoms with Gasteiger partial charge >= 0.3 is 0 Å². The van der Waals surface area contributed by atoms with Gasteiger partial charge in [-0.15, -0.1) is 0 Å². The molecule has 3 aromatic rings. The van der Waals surface area contributed by atoms with Crippen molar-refractivity contribution in [3.05, 3.63) is 52.7 Å². The van der Waals surface area contributed by atoms with Crippen molar-refractivity contribution in [2.75, 3.05) is 18.0 Å². The Morgan fingerprint density at radius 1 is 1.23 bits per heavy atom. The molecule has 1 fully saturated rings. The number of fused-ring (bicyclic) bond motifs is 1. The molecule has 0 radical (unpaired) electrons. The molecule has 0 N–H and O–H groups in total. The zero-order chi connectivity index (χ0) is 18.1. The predicted octanol–water partition coefficient (Wildman–Crippen LogP) is 3.24. The third-order valence-corrected chi connectivity index (χ3v) is 4.75. The summed E-state index contributed by atoms with van der Waals surface area (Å²) in [6.07, 6.45) is 0.220. The summed E-state index contributed by atoms with van der Waals surface area (Å²) >= 11 is 0. The van der Waals surface area contributed by atoms with E-state index < -0.39 is 17.7 Å². The molecule has 1 aliphatic rings. The smallest absolute Gasteiger partial charge is 0.298 e. The Labute approximate surface area is 148 Å². The first-order valence-electron chi connectivity index (χ1n) is 8.55. The van der Waals surface area contributed by atoms with Crippen LogP contribution in [0.25, 0.3) is 11.1 Å². The molecule has 0 amide bonds. The van der Waals surface area contributed by atoms with E-state index >= 15 is 0 Å². The van der Waals surface area contributed by atoms with Crippen LogP contribution in [0.5, 0.6) is 0 Å². The fourth-order valence-corrected chi connectivity index (χ4v) is 3.28. The quantitative estimate of drug-likeness (QED) is 0.715.